The van der Waals surface area contributed by atoms with Crippen LogP contribution in [0.5, 0.6) is 0 Å². The smallest absolute Gasteiger partial charge is 0.155 e. The molecule has 0 spiro atoms. The number of para-hydroxylation sites is 2. The average Bonchev–Trinajstić information content (AvgIpc) is 3.12. The minimum atomic E-state index is -0.125. The Hall–Kier alpha value is -3.27. The summed E-state index contributed by atoms with van der Waals surface area (Å²) < 4.78 is 6.08. The van der Waals surface area contributed by atoms with Crippen LogP contribution >= 0.6 is 0 Å². The molecule has 0 aliphatic rings. The zero-order valence-electron chi connectivity index (χ0n) is 17.0. The Labute approximate surface area is 193 Å². The molecule has 5 aromatic rings. The Morgan fingerprint density at radius 3 is 2.45 bits per heavy atom. The van der Waals surface area contributed by atoms with Gasteiger partial charge in [0.1, 0.15) is 5.58 Å². The zero-order chi connectivity index (χ0) is 21.1. The molecule has 31 heavy (non-hydrogen) atoms. The predicted molar refractivity (Wildman–Crippen MR) is 120 cm³/mol. The Morgan fingerprint density at radius 1 is 0.968 bits per heavy atom. The number of hydrogen-bond donors (Lipinski definition) is 1. The molecule has 2 aromatic heterocycles. The number of hydrogen-bond acceptors (Lipinski definition) is 4. The van der Waals surface area contributed by atoms with Crippen LogP contribution in [0.3, 0.4) is 0 Å². The van der Waals surface area contributed by atoms with Gasteiger partial charge in [0.15, 0.2) is 5.78 Å². The SMILES string of the molecule is CC(=O)/C=C(/C)O.[Ir].[c-]1ccc2c(oc3ccccc32)c1-c1ccc2ccccc2n1. The van der Waals surface area contributed by atoms with Gasteiger partial charge in [-0.05, 0) is 37.1 Å². The van der Waals surface area contributed by atoms with Crippen LogP contribution in [0, 0.1) is 6.07 Å². The molecule has 157 valence electrons. The van der Waals surface area contributed by atoms with Crippen molar-refractivity contribution in [1.29, 1.82) is 0 Å². The fourth-order valence-electron chi connectivity index (χ4n) is 3.38. The number of pyridine rings is 1. The van der Waals surface area contributed by atoms with E-state index in [9.17, 15) is 4.79 Å². The van der Waals surface area contributed by atoms with Gasteiger partial charge in [-0.15, -0.1) is 18.2 Å². The van der Waals surface area contributed by atoms with Crippen LogP contribution in [0.2, 0.25) is 0 Å². The molecular formula is C26H20IrNO3-. The maximum Gasteiger partial charge on any atom is 0.155 e. The predicted octanol–water partition coefficient (Wildman–Crippen LogP) is 6.64. The van der Waals surface area contributed by atoms with Gasteiger partial charge in [0.25, 0.3) is 0 Å². The van der Waals surface area contributed by atoms with Crippen LogP contribution in [-0.2, 0) is 24.9 Å². The van der Waals surface area contributed by atoms with Crippen molar-refractivity contribution in [3.05, 3.63) is 90.7 Å². The van der Waals surface area contributed by atoms with Gasteiger partial charge in [0, 0.05) is 31.6 Å². The number of fused-ring (bicyclic) bond motifs is 4. The minimum absolute atomic E-state index is 0. The Morgan fingerprint density at radius 2 is 1.71 bits per heavy atom. The largest absolute Gasteiger partial charge is 0.512 e. The first-order valence-electron chi connectivity index (χ1n) is 9.59. The van der Waals surface area contributed by atoms with E-state index in [1.807, 2.05) is 54.6 Å². The summed E-state index contributed by atoms with van der Waals surface area (Å²) in [6.07, 6.45) is 1.17. The average molecular weight is 587 g/mol. The molecule has 0 bridgehead atoms. The number of benzene rings is 3. The number of carbonyl (C=O) groups excluding carboxylic acids is 1. The van der Waals surface area contributed by atoms with E-state index in [1.54, 1.807) is 0 Å². The van der Waals surface area contributed by atoms with Crippen LogP contribution < -0.4 is 0 Å². The number of aliphatic hydroxyl groups excluding tert-OH is 1. The van der Waals surface area contributed by atoms with E-state index in [4.69, 9.17) is 14.5 Å². The van der Waals surface area contributed by atoms with Gasteiger partial charge in [-0.2, -0.15) is 0 Å². The first kappa shape index (κ1) is 22.4. The van der Waals surface area contributed by atoms with E-state index in [2.05, 4.69) is 24.3 Å². The maximum absolute atomic E-state index is 10.0. The molecule has 0 unspecified atom stereocenters. The number of aromatic nitrogens is 1. The topological polar surface area (TPSA) is 63.3 Å². The molecule has 1 radical (unpaired) electrons. The van der Waals surface area contributed by atoms with Crippen molar-refractivity contribution in [3.63, 3.8) is 0 Å². The zero-order valence-corrected chi connectivity index (χ0v) is 19.4. The summed E-state index contributed by atoms with van der Waals surface area (Å²) >= 11 is 0. The van der Waals surface area contributed by atoms with Crippen molar-refractivity contribution in [3.8, 4) is 11.3 Å². The molecule has 0 amide bonds. The number of nitrogens with zero attached hydrogens (tertiary/aromatic N) is 1. The first-order valence-corrected chi connectivity index (χ1v) is 9.59. The van der Waals surface area contributed by atoms with Crippen molar-refractivity contribution in [2.24, 2.45) is 0 Å². The summed E-state index contributed by atoms with van der Waals surface area (Å²) in [5.41, 5.74) is 4.50. The third-order valence-electron chi connectivity index (χ3n) is 4.61. The molecule has 0 saturated carbocycles. The third-order valence-corrected chi connectivity index (χ3v) is 4.61. The molecule has 2 heterocycles. The fourth-order valence-corrected chi connectivity index (χ4v) is 3.38. The standard InChI is InChI=1S/C21H12NO.C5H8O2.Ir/c1-3-10-18-14(6-1)12-13-19(22-18)17-9-5-8-16-15-7-2-4-11-20(15)23-21(16)17;1-4(6)3-5(2)7;/h1-8,10-13H;3,6H,1-2H3;/q-1;;/b;4-3-;. The van der Waals surface area contributed by atoms with Gasteiger partial charge in [0.05, 0.1) is 16.9 Å². The molecule has 0 fully saturated rings. The van der Waals surface area contributed by atoms with Crippen molar-refractivity contribution in [2.75, 3.05) is 0 Å². The van der Waals surface area contributed by atoms with Crippen molar-refractivity contribution >= 4 is 38.6 Å². The van der Waals surface area contributed by atoms with E-state index in [0.717, 1.165) is 44.1 Å². The normalized spacial score (nSPS) is 11.1. The fraction of sp³-hybridized carbons (Fsp3) is 0.0769. The summed E-state index contributed by atoms with van der Waals surface area (Å²) in [6, 6.07) is 27.6. The van der Waals surface area contributed by atoms with E-state index in [1.165, 1.54) is 19.9 Å². The van der Waals surface area contributed by atoms with Gasteiger partial charge in [-0.3, -0.25) is 9.78 Å². The number of ketones is 1. The van der Waals surface area contributed by atoms with Crippen LogP contribution in [0.4, 0.5) is 0 Å². The van der Waals surface area contributed by atoms with Crippen LogP contribution in [0.15, 0.2) is 89.0 Å². The molecule has 5 rings (SSSR count). The summed E-state index contributed by atoms with van der Waals surface area (Å²) in [4.78, 5) is 14.8. The van der Waals surface area contributed by atoms with Crippen LogP contribution in [0.25, 0.3) is 44.1 Å². The number of allylic oxidation sites excluding steroid dienone is 2. The molecule has 5 heteroatoms. The molecular weight excluding hydrogens is 567 g/mol. The molecule has 3 aromatic carbocycles. The molecule has 0 atom stereocenters. The summed E-state index contributed by atoms with van der Waals surface area (Å²) in [7, 11) is 0. The number of rotatable bonds is 2. The Balaban J connectivity index is 0.000000299. The van der Waals surface area contributed by atoms with Crippen molar-refractivity contribution in [2.45, 2.75) is 13.8 Å². The molecule has 1 N–H and O–H groups in total. The molecule has 4 nitrogen and oxygen atoms in total. The quantitative estimate of drug-likeness (QED) is 0.143. The maximum atomic E-state index is 10.0. The minimum Gasteiger partial charge on any atom is -0.512 e. The molecule has 0 saturated heterocycles. The van der Waals surface area contributed by atoms with Gasteiger partial charge in [-0.1, -0.05) is 59.5 Å². The van der Waals surface area contributed by atoms with Gasteiger partial charge >= 0.3 is 0 Å². The van der Waals surface area contributed by atoms with Gasteiger partial charge in [0.2, 0.25) is 0 Å². The number of furan rings is 1. The molecule has 0 aliphatic carbocycles. The van der Waals surface area contributed by atoms with Crippen LogP contribution in [-0.4, -0.2) is 15.9 Å². The van der Waals surface area contributed by atoms with Crippen molar-refractivity contribution in [1.82, 2.24) is 4.98 Å². The van der Waals surface area contributed by atoms with E-state index >= 15 is 0 Å². The van der Waals surface area contributed by atoms with E-state index < -0.39 is 0 Å². The second-order valence-corrected chi connectivity index (χ2v) is 6.98. The molecule has 0 aliphatic heterocycles. The third kappa shape index (κ3) is 4.90. The van der Waals surface area contributed by atoms with Crippen LogP contribution in [0.1, 0.15) is 13.8 Å². The summed E-state index contributed by atoms with van der Waals surface area (Å²) in [5, 5.41) is 11.7. The second kappa shape index (κ2) is 9.69. The Kier molecular flexibility index (Phi) is 7.01. The number of aliphatic hydroxyl groups is 1. The Bertz CT molecular complexity index is 1400. The second-order valence-electron chi connectivity index (χ2n) is 6.98. The van der Waals surface area contributed by atoms with Crippen molar-refractivity contribution < 1.29 is 34.4 Å². The van der Waals surface area contributed by atoms with Gasteiger partial charge in [-0.25, -0.2) is 0 Å². The monoisotopic (exact) mass is 587 g/mol. The van der Waals surface area contributed by atoms with E-state index in [-0.39, 0.29) is 31.6 Å². The summed E-state index contributed by atoms with van der Waals surface area (Å²) in [6.45, 7) is 2.85. The van der Waals surface area contributed by atoms with Gasteiger partial charge < -0.3 is 9.52 Å². The summed E-state index contributed by atoms with van der Waals surface area (Å²) in [5.74, 6) is -0.0625. The first-order chi connectivity index (χ1) is 14.5. The van der Waals surface area contributed by atoms with E-state index in [0.29, 0.717) is 0 Å². The number of carbonyl (C=O) groups is 1.